The van der Waals surface area contributed by atoms with Crippen LogP contribution in [0.25, 0.3) is 0 Å². The van der Waals surface area contributed by atoms with Gasteiger partial charge in [0.2, 0.25) is 0 Å². The molecule has 130 valence electrons. The third-order valence-corrected chi connectivity index (χ3v) is 4.78. The number of nitrogens with zero attached hydrogens (tertiary/aromatic N) is 2. The van der Waals surface area contributed by atoms with Crippen molar-refractivity contribution in [3.05, 3.63) is 23.7 Å². The van der Waals surface area contributed by atoms with Crippen molar-refractivity contribution in [2.75, 3.05) is 13.1 Å². The van der Waals surface area contributed by atoms with Gasteiger partial charge in [-0.05, 0) is 31.8 Å². The molecule has 2 fully saturated rings. The van der Waals surface area contributed by atoms with E-state index in [-0.39, 0.29) is 23.4 Å². The Labute approximate surface area is 142 Å². The second-order valence-corrected chi connectivity index (χ2v) is 6.59. The standard InChI is InChI=1S/C17H26N6O/c18-15(19)14(17(24)21-12-6-2-1-3-7-12)16-20-9-8-13(22-16)23-10-4-5-11-23/h8-9,12,20H,1-7,10-11H2,(H3,18,19)(H,21,24)/b16-14-. The average Bonchev–Trinajstić information content (AvgIpc) is 3.10. The predicted octanol–water partition coefficient (Wildman–Crippen LogP) is 1.19. The molecule has 24 heavy (non-hydrogen) atoms. The summed E-state index contributed by atoms with van der Waals surface area (Å²) < 4.78 is 0. The minimum atomic E-state index is -0.309. The normalized spacial score (nSPS) is 23.5. The number of nitrogens with one attached hydrogen (secondary N) is 3. The van der Waals surface area contributed by atoms with Crippen LogP contribution in [0.1, 0.15) is 44.9 Å². The van der Waals surface area contributed by atoms with Crippen LogP contribution in [-0.2, 0) is 4.79 Å². The van der Waals surface area contributed by atoms with E-state index in [2.05, 4.69) is 20.5 Å². The Morgan fingerprint density at radius 2 is 1.96 bits per heavy atom. The summed E-state index contributed by atoms with van der Waals surface area (Å²) in [5.74, 6) is 0.619. The van der Waals surface area contributed by atoms with Crippen LogP contribution in [0.15, 0.2) is 28.7 Å². The molecular weight excluding hydrogens is 304 g/mol. The van der Waals surface area contributed by atoms with Gasteiger partial charge >= 0.3 is 0 Å². The quantitative estimate of drug-likeness (QED) is 0.354. The number of carbonyl (C=O) groups is 1. The molecule has 1 saturated carbocycles. The first-order valence-electron chi connectivity index (χ1n) is 8.81. The first kappa shape index (κ1) is 16.5. The fourth-order valence-corrected chi connectivity index (χ4v) is 3.49. The van der Waals surface area contributed by atoms with E-state index in [4.69, 9.17) is 11.1 Å². The Kier molecular flexibility index (Phi) is 5.17. The molecule has 7 heteroatoms. The number of nitrogens with two attached hydrogens (primary N) is 1. The first-order chi connectivity index (χ1) is 11.6. The van der Waals surface area contributed by atoms with E-state index in [0.717, 1.165) is 57.5 Å². The summed E-state index contributed by atoms with van der Waals surface area (Å²) in [5.41, 5.74) is 5.82. The highest BCUT2D eigenvalue weighted by Gasteiger charge is 2.25. The van der Waals surface area contributed by atoms with Gasteiger partial charge in [0.25, 0.3) is 5.91 Å². The monoisotopic (exact) mass is 330 g/mol. The third kappa shape index (κ3) is 3.77. The van der Waals surface area contributed by atoms with Crippen LogP contribution in [-0.4, -0.2) is 41.6 Å². The van der Waals surface area contributed by atoms with Gasteiger partial charge < -0.3 is 21.3 Å². The van der Waals surface area contributed by atoms with Crippen molar-refractivity contribution in [3.8, 4) is 0 Å². The van der Waals surface area contributed by atoms with E-state index in [1.807, 2.05) is 6.08 Å². The fraction of sp³-hybridized carbons (Fsp3) is 0.588. The average molecular weight is 330 g/mol. The molecule has 7 nitrogen and oxygen atoms in total. The number of aliphatic imine (C=N–C) groups is 1. The topological polar surface area (TPSA) is 107 Å². The fourth-order valence-electron chi connectivity index (χ4n) is 3.49. The molecular formula is C17H26N6O. The second-order valence-electron chi connectivity index (χ2n) is 6.59. The summed E-state index contributed by atoms with van der Waals surface area (Å²) in [7, 11) is 0. The van der Waals surface area contributed by atoms with Crippen molar-refractivity contribution in [2.45, 2.75) is 51.0 Å². The van der Waals surface area contributed by atoms with Crippen LogP contribution < -0.4 is 16.4 Å². The molecule has 5 N–H and O–H groups in total. The molecule has 1 amide bonds. The van der Waals surface area contributed by atoms with Crippen LogP contribution in [0.3, 0.4) is 0 Å². The van der Waals surface area contributed by atoms with Gasteiger partial charge in [0, 0.05) is 25.3 Å². The Hall–Kier alpha value is -2.31. The zero-order valence-electron chi connectivity index (χ0n) is 14.0. The number of amidine groups is 2. The molecule has 1 saturated heterocycles. The van der Waals surface area contributed by atoms with Crippen molar-refractivity contribution in [1.29, 1.82) is 5.41 Å². The number of hydrogen-bond acceptors (Lipinski definition) is 5. The molecule has 2 heterocycles. The highest BCUT2D eigenvalue weighted by atomic mass is 16.1. The lowest BCUT2D eigenvalue weighted by molar-refractivity contribution is -0.117. The second kappa shape index (κ2) is 7.51. The molecule has 0 unspecified atom stereocenters. The lowest BCUT2D eigenvalue weighted by Gasteiger charge is -2.24. The summed E-state index contributed by atoms with van der Waals surface area (Å²) in [6, 6.07) is 0.169. The number of likely N-dealkylation sites (tertiary alicyclic amines) is 1. The van der Waals surface area contributed by atoms with Crippen molar-refractivity contribution in [1.82, 2.24) is 15.5 Å². The minimum Gasteiger partial charge on any atom is -0.383 e. The minimum absolute atomic E-state index is 0.127. The third-order valence-electron chi connectivity index (χ3n) is 4.78. The summed E-state index contributed by atoms with van der Waals surface area (Å²) in [6.07, 6.45) is 11.4. The maximum absolute atomic E-state index is 12.6. The maximum atomic E-state index is 12.6. The van der Waals surface area contributed by atoms with Gasteiger partial charge in [-0.2, -0.15) is 0 Å². The zero-order valence-corrected chi connectivity index (χ0v) is 14.0. The largest absolute Gasteiger partial charge is 0.383 e. The Balaban J connectivity index is 1.80. The highest BCUT2D eigenvalue weighted by molar-refractivity contribution is 6.20. The molecule has 2 aliphatic heterocycles. The van der Waals surface area contributed by atoms with E-state index >= 15 is 0 Å². The molecule has 3 rings (SSSR count). The van der Waals surface area contributed by atoms with Crippen LogP contribution in [0, 0.1) is 5.41 Å². The van der Waals surface area contributed by atoms with Gasteiger partial charge in [-0.25, -0.2) is 4.99 Å². The molecule has 1 aliphatic carbocycles. The molecule has 0 aromatic carbocycles. The molecule has 0 radical (unpaired) electrons. The molecule has 0 aromatic rings. The van der Waals surface area contributed by atoms with E-state index in [1.165, 1.54) is 6.42 Å². The van der Waals surface area contributed by atoms with Gasteiger partial charge in [-0.3, -0.25) is 10.2 Å². The van der Waals surface area contributed by atoms with Crippen molar-refractivity contribution >= 4 is 17.6 Å². The molecule has 0 aromatic heterocycles. The molecule has 0 bridgehead atoms. The van der Waals surface area contributed by atoms with Crippen LogP contribution >= 0.6 is 0 Å². The summed E-state index contributed by atoms with van der Waals surface area (Å²) in [5, 5.41) is 13.8. The van der Waals surface area contributed by atoms with Crippen LogP contribution in [0.5, 0.6) is 0 Å². The maximum Gasteiger partial charge on any atom is 0.259 e. The number of hydrogen-bond donors (Lipinski definition) is 4. The summed E-state index contributed by atoms with van der Waals surface area (Å²) in [6.45, 7) is 1.94. The molecule has 3 aliphatic rings. The molecule has 0 spiro atoms. The number of amides is 1. The van der Waals surface area contributed by atoms with Gasteiger partial charge in [-0.15, -0.1) is 0 Å². The predicted molar refractivity (Wildman–Crippen MR) is 94.5 cm³/mol. The summed E-state index contributed by atoms with van der Waals surface area (Å²) in [4.78, 5) is 19.4. The van der Waals surface area contributed by atoms with Crippen molar-refractivity contribution < 1.29 is 4.79 Å². The Morgan fingerprint density at radius 3 is 2.62 bits per heavy atom. The lowest BCUT2D eigenvalue weighted by Crippen LogP contribution is -2.41. The van der Waals surface area contributed by atoms with Gasteiger partial charge in [0.1, 0.15) is 23.1 Å². The Bertz CT molecular complexity index is 594. The van der Waals surface area contributed by atoms with Crippen LogP contribution in [0.4, 0.5) is 0 Å². The van der Waals surface area contributed by atoms with E-state index in [9.17, 15) is 4.79 Å². The number of rotatable bonds is 3. The SMILES string of the molecule is N=C(N)/C(C(=O)NC1CCCCC1)=C1/N=C(N2CCCC2)C=CN1. The van der Waals surface area contributed by atoms with Crippen LogP contribution in [0.2, 0.25) is 0 Å². The van der Waals surface area contributed by atoms with Crippen molar-refractivity contribution in [2.24, 2.45) is 10.7 Å². The highest BCUT2D eigenvalue weighted by Crippen LogP contribution is 2.19. The Morgan fingerprint density at radius 1 is 1.25 bits per heavy atom. The lowest BCUT2D eigenvalue weighted by atomic mass is 9.95. The van der Waals surface area contributed by atoms with E-state index in [1.54, 1.807) is 6.20 Å². The molecule has 0 atom stereocenters. The summed E-state index contributed by atoms with van der Waals surface area (Å²) >= 11 is 0. The van der Waals surface area contributed by atoms with Gasteiger partial charge in [0.05, 0.1) is 0 Å². The van der Waals surface area contributed by atoms with E-state index < -0.39 is 0 Å². The van der Waals surface area contributed by atoms with Gasteiger partial charge in [0.15, 0.2) is 0 Å². The zero-order chi connectivity index (χ0) is 16.9. The smallest absolute Gasteiger partial charge is 0.259 e. The van der Waals surface area contributed by atoms with E-state index in [0.29, 0.717) is 5.82 Å². The first-order valence-corrected chi connectivity index (χ1v) is 8.81. The van der Waals surface area contributed by atoms with Crippen molar-refractivity contribution in [3.63, 3.8) is 0 Å². The van der Waals surface area contributed by atoms with Gasteiger partial charge in [-0.1, -0.05) is 19.3 Å². The number of carbonyl (C=O) groups excluding carboxylic acids is 1.